The number of ketones is 1. The van der Waals surface area contributed by atoms with E-state index in [1.165, 1.54) is 6.92 Å². The maximum atomic E-state index is 11.4. The lowest BCUT2D eigenvalue weighted by Gasteiger charge is -2.17. The van der Waals surface area contributed by atoms with Gasteiger partial charge in [-0.1, -0.05) is 11.6 Å². The molecule has 0 amide bonds. The molecule has 0 saturated heterocycles. The van der Waals surface area contributed by atoms with Crippen molar-refractivity contribution in [3.05, 3.63) is 16.4 Å². The summed E-state index contributed by atoms with van der Waals surface area (Å²) in [7, 11) is 1.76. The number of aromatic nitrogens is 2. The minimum Gasteiger partial charge on any atom is -0.298 e. The summed E-state index contributed by atoms with van der Waals surface area (Å²) < 4.78 is 1.62. The van der Waals surface area contributed by atoms with Crippen molar-refractivity contribution in [1.29, 1.82) is 5.26 Å². The van der Waals surface area contributed by atoms with Gasteiger partial charge in [-0.15, -0.1) is 0 Å². The fourth-order valence-corrected chi connectivity index (χ4v) is 1.68. The third kappa shape index (κ3) is 2.10. The molecule has 5 heteroatoms. The topological polar surface area (TPSA) is 58.7 Å². The third-order valence-electron chi connectivity index (χ3n) is 2.81. The van der Waals surface area contributed by atoms with Gasteiger partial charge in [-0.25, -0.2) is 0 Å². The summed E-state index contributed by atoms with van der Waals surface area (Å²) in [5.74, 6) is -0.162. The fourth-order valence-electron chi connectivity index (χ4n) is 1.45. The fraction of sp³-hybridized carbons (Fsp3) is 0.545. The highest BCUT2D eigenvalue weighted by molar-refractivity contribution is 6.31. The van der Waals surface area contributed by atoms with E-state index in [1.807, 2.05) is 6.07 Å². The van der Waals surface area contributed by atoms with E-state index in [-0.39, 0.29) is 12.2 Å². The summed E-state index contributed by atoms with van der Waals surface area (Å²) in [6.45, 7) is 4.83. The molecule has 0 aliphatic carbocycles. The van der Waals surface area contributed by atoms with Gasteiger partial charge in [-0.05, 0) is 20.8 Å². The number of hydrogen-bond donors (Lipinski definition) is 0. The molecule has 0 bridgehead atoms. The molecule has 1 atom stereocenters. The summed E-state index contributed by atoms with van der Waals surface area (Å²) in [6, 6.07) is 2.04. The molecule has 0 N–H and O–H groups in total. The Balaban J connectivity index is 3.14. The van der Waals surface area contributed by atoms with E-state index in [0.29, 0.717) is 10.7 Å². The second kappa shape index (κ2) is 4.26. The van der Waals surface area contributed by atoms with E-state index in [9.17, 15) is 4.79 Å². The van der Waals surface area contributed by atoms with Crippen LogP contribution in [0.5, 0.6) is 0 Å². The van der Waals surface area contributed by atoms with Crippen molar-refractivity contribution in [2.24, 2.45) is 12.5 Å². The SMILES string of the molecule is CC(=O)C(C)(C#N)Cc1c(Cl)c(C)nn1C. The second-order valence-electron chi connectivity index (χ2n) is 4.15. The Labute approximate surface area is 99.8 Å². The third-order valence-corrected chi connectivity index (χ3v) is 3.30. The van der Waals surface area contributed by atoms with Crippen molar-refractivity contribution >= 4 is 17.4 Å². The Hall–Kier alpha value is -1.34. The predicted octanol–water partition coefficient (Wildman–Crippen LogP) is 2.04. The zero-order chi connectivity index (χ0) is 12.5. The van der Waals surface area contributed by atoms with E-state index in [1.54, 1.807) is 25.6 Å². The van der Waals surface area contributed by atoms with Gasteiger partial charge in [0.15, 0.2) is 0 Å². The van der Waals surface area contributed by atoms with Gasteiger partial charge >= 0.3 is 0 Å². The van der Waals surface area contributed by atoms with Gasteiger partial charge < -0.3 is 0 Å². The van der Waals surface area contributed by atoms with Gasteiger partial charge in [0.1, 0.15) is 11.2 Å². The molecule has 0 aromatic carbocycles. The van der Waals surface area contributed by atoms with Crippen LogP contribution in [0.4, 0.5) is 0 Å². The van der Waals surface area contributed by atoms with E-state index in [4.69, 9.17) is 16.9 Å². The van der Waals surface area contributed by atoms with Gasteiger partial charge in [-0.2, -0.15) is 10.4 Å². The minimum atomic E-state index is -1.04. The average molecular weight is 240 g/mol. The van der Waals surface area contributed by atoms with Crippen LogP contribution in [0, 0.1) is 23.7 Å². The number of Topliss-reactive ketones (excluding diaryl/α,β-unsaturated/α-hetero) is 1. The van der Waals surface area contributed by atoms with Crippen LogP contribution < -0.4 is 0 Å². The Morgan fingerprint density at radius 2 is 2.25 bits per heavy atom. The molecule has 0 aliphatic heterocycles. The molecule has 0 fully saturated rings. The predicted molar refractivity (Wildman–Crippen MR) is 61.1 cm³/mol. The maximum absolute atomic E-state index is 11.4. The Kier molecular flexibility index (Phi) is 3.39. The highest BCUT2D eigenvalue weighted by atomic mass is 35.5. The molecule has 86 valence electrons. The largest absolute Gasteiger partial charge is 0.298 e. The molecule has 0 saturated carbocycles. The summed E-state index contributed by atoms with van der Waals surface area (Å²) in [6.07, 6.45) is 0.287. The van der Waals surface area contributed by atoms with Crippen LogP contribution >= 0.6 is 11.6 Å². The Morgan fingerprint density at radius 1 is 1.69 bits per heavy atom. The molecule has 0 radical (unpaired) electrons. The van der Waals surface area contributed by atoms with E-state index < -0.39 is 5.41 Å². The van der Waals surface area contributed by atoms with E-state index in [2.05, 4.69) is 5.10 Å². The highest BCUT2D eigenvalue weighted by Gasteiger charge is 2.32. The van der Waals surface area contributed by atoms with Gasteiger partial charge in [0, 0.05) is 13.5 Å². The first kappa shape index (κ1) is 12.7. The Bertz CT molecular complexity index is 472. The lowest BCUT2D eigenvalue weighted by atomic mass is 9.83. The van der Waals surface area contributed by atoms with Crippen LogP contribution in [-0.4, -0.2) is 15.6 Å². The first-order valence-corrected chi connectivity index (χ1v) is 5.30. The smallest absolute Gasteiger partial charge is 0.150 e. The van der Waals surface area contributed by atoms with Gasteiger partial charge in [-0.3, -0.25) is 9.48 Å². The lowest BCUT2D eigenvalue weighted by molar-refractivity contribution is -0.123. The highest BCUT2D eigenvalue weighted by Crippen LogP contribution is 2.28. The molecule has 1 rings (SSSR count). The number of carbonyl (C=O) groups is 1. The zero-order valence-corrected chi connectivity index (χ0v) is 10.6. The zero-order valence-electron chi connectivity index (χ0n) is 9.83. The standard InChI is InChI=1S/C11H14ClN3O/c1-7-10(12)9(15(4)14-7)5-11(3,6-13)8(2)16/h5H2,1-4H3. The number of hydrogen-bond acceptors (Lipinski definition) is 3. The first-order valence-electron chi connectivity index (χ1n) is 4.92. The van der Waals surface area contributed by atoms with Gasteiger partial charge in [0.05, 0.1) is 22.5 Å². The van der Waals surface area contributed by atoms with Crippen LogP contribution in [0.2, 0.25) is 5.02 Å². The lowest BCUT2D eigenvalue weighted by Crippen LogP contribution is -2.27. The molecule has 1 aromatic rings. The molecule has 0 aliphatic rings. The van der Waals surface area contributed by atoms with Crippen molar-refractivity contribution in [3.63, 3.8) is 0 Å². The van der Waals surface area contributed by atoms with Crippen LogP contribution in [-0.2, 0) is 18.3 Å². The van der Waals surface area contributed by atoms with Crippen LogP contribution in [0.25, 0.3) is 0 Å². The molecule has 0 spiro atoms. The second-order valence-corrected chi connectivity index (χ2v) is 4.52. The van der Waals surface area contributed by atoms with Crippen molar-refractivity contribution in [3.8, 4) is 6.07 Å². The average Bonchev–Trinajstić information content (AvgIpc) is 2.44. The summed E-state index contributed by atoms with van der Waals surface area (Å²) in [5.41, 5.74) is 0.394. The molecule has 1 heterocycles. The molecule has 16 heavy (non-hydrogen) atoms. The molecule has 4 nitrogen and oxygen atoms in total. The number of rotatable bonds is 3. The number of nitrogens with zero attached hydrogens (tertiary/aromatic N) is 3. The van der Waals surface area contributed by atoms with Crippen LogP contribution in [0.1, 0.15) is 25.2 Å². The number of carbonyl (C=O) groups excluding carboxylic acids is 1. The normalized spacial score (nSPS) is 14.2. The van der Waals surface area contributed by atoms with E-state index in [0.717, 1.165) is 5.69 Å². The summed E-state index contributed by atoms with van der Waals surface area (Å²) >= 11 is 6.08. The number of halogens is 1. The summed E-state index contributed by atoms with van der Waals surface area (Å²) in [4.78, 5) is 11.4. The van der Waals surface area contributed by atoms with Gasteiger partial charge in [0.25, 0.3) is 0 Å². The maximum Gasteiger partial charge on any atom is 0.150 e. The van der Waals surface area contributed by atoms with E-state index >= 15 is 0 Å². The van der Waals surface area contributed by atoms with Crippen molar-refractivity contribution in [2.75, 3.05) is 0 Å². The molecule has 1 aromatic heterocycles. The van der Waals surface area contributed by atoms with Crippen LogP contribution in [0.15, 0.2) is 0 Å². The monoisotopic (exact) mass is 239 g/mol. The van der Waals surface area contributed by atoms with Crippen molar-refractivity contribution < 1.29 is 4.79 Å². The number of aryl methyl sites for hydroxylation is 2. The number of nitriles is 1. The van der Waals surface area contributed by atoms with Crippen molar-refractivity contribution in [2.45, 2.75) is 27.2 Å². The molecule has 1 unspecified atom stereocenters. The first-order chi connectivity index (χ1) is 7.31. The van der Waals surface area contributed by atoms with Crippen molar-refractivity contribution in [1.82, 2.24) is 9.78 Å². The van der Waals surface area contributed by atoms with Crippen LogP contribution in [0.3, 0.4) is 0 Å². The quantitative estimate of drug-likeness (QED) is 0.811. The van der Waals surface area contributed by atoms with Gasteiger partial charge in [0.2, 0.25) is 0 Å². The minimum absolute atomic E-state index is 0.162. The molecular formula is C11H14ClN3O. The molecular weight excluding hydrogens is 226 g/mol. The Morgan fingerprint density at radius 3 is 2.56 bits per heavy atom. The summed E-state index contributed by atoms with van der Waals surface area (Å²) in [5, 5.41) is 13.7.